The maximum atomic E-state index is 6.80. The van der Waals surface area contributed by atoms with Crippen molar-refractivity contribution in [3.05, 3.63) is 276 Å². The summed E-state index contributed by atoms with van der Waals surface area (Å²) in [6.07, 6.45) is 1.92. The van der Waals surface area contributed by atoms with Gasteiger partial charge >= 0.3 is 0 Å². The highest BCUT2D eigenvalue weighted by Crippen LogP contribution is 2.64. The standard InChI is InChI=1S/C78H68N4O2/c1-75(2,3)50-41-42-79-72(46-50)82-68-36-17-11-25-57(68)58-40-39-55(48-69(58)82)83-54-24-20-23-53(47-54)80-66-34-15-16-35-67(66)81-74-56(49-43-51(76(4,5)6)45-52(44-49)77(7,8)9)27-21-29-60(74)59-28-22-33-65-73(59)61-26-10-12-30-62(61)78(65)63-31-13-18-37-70(63)84-71-38-19-14-32-64(71)78/h10-48,80-81H,1-9H3. The number of pyridine rings is 1. The molecule has 0 radical (unpaired) electrons. The van der Waals surface area contributed by atoms with E-state index in [4.69, 9.17) is 14.5 Å². The number of para-hydroxylation sites is 6. The molecule has 6 nitrogen and oxygen atoms in total. The number of anilines is 4. The van der Waals surface area contributed by atoms with Crippen LogP contribution in [0.15, 0.2) is 237 Å². The fraction of sp³-hybridized carbons (Fsp3) is 0.167. The number of nitrogens with zero attached hydrogens (tertiary/aromatic N) is 2. The van der Waals surface area contributed by atoms with Crippen molar-refractivity contribution < 1.29 is 9.47 Å². The number of ether oxygens (including phenoxy) is 2. The van der Waals surface area contributed by atoms with Crippen LogP contribution in [-0.2, 0) is 21.7 Å². The van der Waals surface area contributed by atoms with E-state index < -0.39 is 5.41 Å². The quantitative estimate of drug-likeness (QED) is 0.151. The van der Waals surface area contributed by atoms with Gasteiger partial charge in [0.1, 0.15) is 28.8 Å². The third-order valence-electron chi connectivity index (χ3n) is 17.2. The van der Waals surface area contributed by atoms with Crippen LogP contribution in [0.3, 0.4) is 0 Å². The van der Waals surface area contributed by atoms with Gasteiger partial charge in [0.2, 0.25) is 0 Å². The summed E-state index contributed by atoms with van der Waals surface area (Å²) in [6.45, 7) is 20.6. The third-order valence-corrected chi connectivity index (χ3v) is 17.2. The number of nitrogens with one attached hydrogen (secondary N) is 2. The van der Waals surface area contributed by atoms with E-state index in [0.29, 0.717) is 5.75 Å². The molecule has 1 aliphatic heterocycles. The molecule has 12 aromatic rings. The normalized spacial score (nSPS) is 13.2. The lowest BCUT2D eigenvalue weighted by molar-refractivity contribution is 0.436. The molecule has 2 aromatic heterocycles. The molecule has 0 atom stereocenters. The van der Waals surface area contributed by atoms with Gasteiger partial charge in [-0.05, 0) is 133 Å². The number of benzene rings is 10. The van der Waals surface area contributed by atoms with E-state index in [1.54, 1.807) is 0 Å². The Morgan fingerprint density at radius 2 is 0.976 bits per heavy atom. The van der Waals surface area contributed by atoms with Gasteiger partial charge in [0, 0.05) is 57.0 Å². The number of hydrogen-bond acceptors (Lipinski definition) is 5. The molecule has 2 aliphatic rings. The topological polar surface area (TPSA) is 60.3 Å². The molecule has 0 saturated carbocycles. The molecule has 0 amide bonds. The van der Waals surface area contributed by atoms with E-state index in [2.05, 4.69) is 296 Å². The predicted molar refractivity (Wildman–Crippen MR) is 349 cm³/mol. The smallest absolute Gasteiger partial charge is 0.137 e. The summed E-state index contributed by atoms with van der Waals surface area (Å²) in [6, 6.07) is 83.1. The molecule has 0 fully saturated rings. The second-order valence-corrected chi connectivity index (χ2v) is 25.8. The summed E-state index contributed by atoms with van der Waals surface area (Å²) in [5.41, 5.74) is 20.6. The van der Waals surface area contributed by atoms with Crippen LogP contribution in [0.1, 0.15) is 101 Å². The zero-order valence-corrected chi connectivity index (χ0v) is 49.2. The van der Waals surface area contributed by atoms with Crippen molar-refractivity contribution in [2.45, 2.75) is 84.0 Å². The Morgan fingerprint density at radius 1 is 0.417 bits per heavy atom. The highest BCUT2D eigenvalue weighted by Gasteiger charge is 2.51. The fourth-order valence-corrected chi connectivity index (χ4v) is 13.0. The van der Waals surface area contributed by atoms with Gasteiger partial charge in [-0.1, -0.05) is 214 Å². The molecular formula is C78H68N4O2. The first kappa shape index (κ1) is 52.4. The summed E-state index contributed by atoms with van der Waals surface area (Å²) in [5, 5.41) is 10.3. The summed E-state index contributed by atoms with van der Waals surface area (Å²) >= 11 is 0. The lowest BCUT2D eigenvalue weighted by atomic mass is 9.66. The van der Waals surface area contributed by atoms with Gasteiger partial charge in [0.05, 0.1) is 33.5 Å². The summed E-state index contributed by atoms with van der Waals surface area (Å²) in [7, 11) is 0. The van der Waals surface area contributed by atoms with Gasteiger partial charge in [-0.15, -0.1) is 0 Å². The number of rotatable bonds is 9. The fourth-order valence-electron chi connectivity index (χ4n) is 13.0. The van der Waals surface area contributed by atoms with E-state index in [1.807, 2.05) is 18.3 Å². The lowest BCUT2D eigenvalue weighted by Crippen LogP contribution is -2.32. The minimum atomic E-state index is -0.612. The SMILES string of the molecule is CC(C)(C)c1cc(-c2cccc(-c3cccc4c3-c3ccccc3C43c4ccccc4Oc4ccccc43)c2Nc2ccccc2Nc2cccc(Oc3ccc4c5ccccc5n(-c5cc(C(C)(C)C)ccn5)c4c3)c2)cc(C(C)(C)C)c1. The highest BCUT2D eigenvalue weighted by molar-refractivity contribution is 6.09. The maximum Gasteiger partial charge on any atom is 0.137 e. The van der Waals surface area contributed by atoms with Crippen molar-refractivity contribution in [2.75, 3.05) is 10.6 Å². The van der Waals surface area contributed by atoms with E-state index in [-0.39, 0.29) is 16.2 Å². The molecule has 0 bridgehead atoms. The molecule has 412 valence electrons. The zero-order chi connectivity index (χ0) is 57.7. The molecule has 84 heavy (non-hydrogen) atoms. The molecule has 1 aliphatic carbocycles. The van der Waals surface area contributed by atoms with Crippen LogP contribution in [0, 0.1) is 0 Å². The second-order valence-electron chi connectivity index (χ2n) is 25.8. The maximum absolute atomic E-state index is 6.80. The first-order valence-electron chi connectivity index (χ1n) is 29.3. The Hall–Kier alpha value is -9.65. The summed E-state index contributed by atoms with van der Waals surface area (Å²) in [4.78, 5) is 4.92. The predicted octanol–water partition coefficient (Wildman–Crippen LogP) is 21.2. The molecular weight excluding hydrogens is 1020 g/mol. The molecule has 0 saturated heterocycles. The van der Waals surface area contributed by atoms with E-state index in [1.165, 1.54) is 44.3 Å². The largest absolute Gasteiger partial charge is 0.457 e. The number of hydrogen-bond donors (Lipinski definition) is 2. The summed E-state index contributed by atoms with van der Waals surface area (Å²) < 4.78 is 15.8. The zero-order valence-electron chi connectivity index (χ0n) is 49.2. The Bertz CT molecular complexity index is 4500. The van der Waals surface area contributed by atoms with Gasteiger partial charge in [0.25, 0.3) is 0 Å². The minimum absolute atomic E-state index is 0.0310. The van der Waals surface area contributed by atoms with Crippen LogP contribution in [0.2, 0.25) is 0 Å². The lowest BCUT2D eigenvalue weighted by Gasteiger charge is -2.39. The van der Waals surface area contributed by atoms with Gasteiger partial charge in [-0.3, -0.25) is 4.57 Å². The van der Waals surface area contributed by atoms with Crippen LogP contribution in [0.4, 0.5) is 22.7 Å². The van der Waals surface area contributed by atoms with Gasteiger partial charge < -0.3 is 20.1 Å². The molecule has 3 heterocycles. The molecule has 14 rings (SSSR count). The Labute approximate surface area is 493 Å². The van der Waals surface area contributed by atoms with Crippen molar-refractivity contribution in [1.29, 1.82) is 0 Å². The molecule has 2 N–H and O–H groups in total. The van der Waals surface area contributed by atoms with Crippen LogP contribution in [0.5, 0.6) is 23.0 Å². The average Bonchev–Trinajstić information content (AvgIpc) is 1.53. The van der Waals surface area contributed by atoms with Crippen LogP contribution >= 0.6 is 0 Å². The van der Waals surface area contributed by atoms with Crippen molar-refractivity contribution in [3.8, 4) is 62.2 Å². The Kier molecular flexibility index (Phi) is 12.3. The van der Waals surface area contributed by atoms with Crippen LogP contribution < -0.4 is 20.1 Å². The molecule has 1 spiro atoms. The molecule has 0 unspecified atom stereocenters. The highest BCUT2D eigenvalue weighted by atomic mass is 16.5. The van der Waals surface area contributed by atoms with Crippen LogP contribution in [0.25, 0.3) is 61.0 Å². The Morgan fingerprint density at radius 3 is 1.70 bits per heavy atom. The van der Waals surface area contributed by atoms with E-state index in [0.717, 1.165) is 95.6 Å². The first-order chi connectivity index (χ1) is 40.5. The van der Waals surface area contributed by atoms with Gasteiger partial charge in [-0.25, -0.2) is 4.98 Å². The van der Waals surface area contributed by atoms with Crippen molar-refractivity contribution >= 4 is 44.6 Å². The Balaban J connectivity index is 0.888. The second kappa shape index (κ2) is 19.8. The van der Waals surface area contributed by atoms with Crippen molar-refractivity contribution in [2.24, 2.45) is 0 Å². The summed E-state index contributed by atoms with van der Waals surface area (Å²) in [5.74, 6) is 4.08. The number of fused-ring (bicyclic) bond motifs is 12. The average molecular weight is 1090 g/mol. The van der Waals surface area contributed by atoms with E-state index in [9.17, 15) is 0 Å². The third kappa shape index (κ3) is 8.82. The van der Waals surface area contributed by atoms with Crippen LogP contribution in [-0.4, -0.2) is 9.55 Å². The monoisotopic (exact) mass is 1090 g/mol. The molecule has 10 aromatic carbocycles. The van der Waals surface area contributed by atoms with E-state index >= 15 is 0 Å². The van der Waals surface area contributed by atoms with Crippen molar-refractivity contribution in [1.82, 2.24) is 9.55 Å². The van der Waals surface area contributed by atoms with Gasteiger partial charge in [0.15, 0.2) is 0 Å². The first-order valence-corrected chi connectivity index (χ1v) is 29.3. The number of aromatic nitrogens is 2. The molecule has 6 heteroatoms. The van der Waals surface area contributed by atoms with Gasteiger partial charge in [-0.2, -0.15) is 0 Å². The minimum Gasteiger partial charge on any atom is -0.457 e. The van der Waals surface area contributed by atoms with Crippen molar-refractivity contribution in [3.63, 3.8) is 0 Å².